The quantitative estimate of drug-likeness (QED) is 0.828. The molecule has 3 rings (SSSR count). The number of carbonyl (C=O) groups is 1. The summed E-state index contributed by atoms with van der Waals surface area (Å²) >= 11 is 6.16. The molecule has 1 atom stereocenters. The van der Waals surface area contributed by atoms with Gasteiger partial charge in [0.2, 0.25) is 5.91 Å². The molecule has 2 saturated heterocycles. The summed E-state index contributed by atoms with van der Waals surface area (Å²) in [5.74, 6) is 1.10. The Kier molecular flexibility index (Phi) is 4.08. The van der Waals surface area contributed by atoms with Crippen molar-refractivity contribution < 1.29 is 9.53 Å². The van der Waals surface area contributed by atoms with Crippen LogP contribution in [0.25, 0.3) is 0 Å². The van der Waals surface area contributed by atoms with Crippen LogP contribution >= 0.6 is 11.6 Å². The lowest BCUT2D eigenvalue weighted by molar-refractivity contribution is -0.135. The van der Waals surface area contributed by atoms with E-state index in [0.717, 1.165) is 38.4 Å². The van der Waals surface area contributed by atoms with Crippen LogP contribution in [-0.2, 0) is 9.53 Å². The molecule has 2 fully saturated rings. The highest BCUT2D eigenvalue weighted by molar-refractivity contribution is 6.32. The number of rotatable bonds is 2. The lowest BCUT2D eigenvalue weighted by Crippen LogP contribution is -2.50. The predicted octanol–water partition coefficient (Wildman–Crippen LogP) is 1.42. The van der Waals surface area contributed by atoms with E-state index in [2.05, 4.69) is 9.88 Å². The van der Waals surface area contributed by atoms with Crippen molar-refractivity contribution in [2.24, 2.45) is 5.92 Å². The van der Waals surface area contributed by atoms with Gasteiger partial charge in [0.15, 0.2) is 0 Å². The monoisotopic (exact) mass is 295 g/mol. The lowest BCUT2D eigenvalue weighted by atomic mass is 10.1. The summed E-state index contributed by atoms with van der Waals surface area (Å²) < 4.78 is 5.29. The van der Waals surface area contributed by atoms with Crippen molar-refractivity contribution in [3.63, 3.8) is 0 Å². The zero-order valence-corrected chi connectivity index (χ0v) is 12.1. The Hall–Kier alpha value is -1.33. The van der Waals surface area contributed by atoms with Crippen LogP contribution < -0.4 is 4.90 Å². The topological polar surface area (TPSA) is 45.7 Å². The van der Waals surface area contributed by atoms with Crippen molar-refractivity contribution in [1.82, 2.24) is 9.88 Å². The number of pyridine rings is 1. The van der Waals surface area contributed by atoms with Gasteiger partial charge in [0.05, 0.1) is 17.5 Å². The average molecular weight is 296 g/mol. The zero-order valence-electron chi connectivity index (χ0n) is 11.3. The molecule has 0 saturated carbocycles. The molecular formula is C14H18ClN3O2. The van der Waals surface area contributed by atoms with E-state index in [1.54, 1.807) is 6.20 Å². The second kappa shape index (κ2) is 5.97. The van der Waals surface area contributed by atoms with Gasteiger partial charge in [-0.1, -0.05) is 11.6 Å². The molecule has 1 amide bonds. The van der Waals surface area contributed by atoms with E-state index in [-0.39, 0.29) is 11.8 Å². The smallest absolute Gasteiger partial charge is 0.228 e. The Labute approximate surface area is 123 Å². The number of anilines is 1. The highest BCUT2D eigenvalue weighted by Gasteiger charge is 2.30. The minimum Gasteiger partial charge on any atom is -0.381 e. The summed E-state index contributed by atoms with van der Waals surface area (Å²) in [7, 11) is 0. The summed E-state index contributed by atoms with van der Waals surface area (Å²) in [5.41, 5.74) is 0. The number of aromatic nitrogens is 1. The minimum atomic E-state index is 0.0555. The van der Waals surface area contributed by atoms with E-state index < -0.39 is 0 Å². The van der Waals surface area contributed by atoms with Crippen LogP contribution in [0.1, 0.15) is 6.42 Å². The molecule has 2 aliphatic heterocycles. The van der Waals surface area contributed by atoms with Gasteiger partial charge in [-0.25, -0.2) is 4.98 Å². The fraction of sp³-hybridized carbons (Fsp3) is 0.571. The fourth-order valence-electron chi connectivity index (χ4n) is 2.74. The van der Waals surface area contributed by atoms with Crippen LogP contribution in [0, 0.1) is 5.92 Å². The molecule has 5 nitrogen and oxygen atoms in total. The Balaban J connectivity index is 1.59. The first-order valence-electron chi connectivity index (χ1n) is 6.97. The number of ether oxygens (including phenoxy) is 1. The van der Waals surface area contributed by atoms with E-state index in [4.69, 9.17) is 16.3 Å². The molecule has 0 N–H and O–H groups in total. The number of carbonyl (C=O) groups excluding carboxylic acids is 1. The molecule has 3 heterocycles. The van der Waals surface area contributed by atoms with Crippen molar-refractivity contribution in [1.29, 1.82) is 0 Å². The first kappa shape index (κ1) is 13.6. The zero-order chi connectivity index (χ0) is 13.9. The highest BCUT2D eigenvalue weighted by Crippen LogP contribution is 2.24. The average Bonchev–Trinajstić information content (AvgIpc) is 3.01. The summed E-state index contributed by atoms with van der Waals surface area (Å²) in [6, 6.07) is 3.67. The van der Waals surface area contributed by atoms with E-state index in [1.807, 2.05) is 17.0 Å². The molecule has 0 spiro atoms. The van der Waals surface area contributed by atoms with E-state index in [0.29, 0.717) is 18.2 Å². The molecule has 1 aromatic rings. The molecule has 0 aromatic carbocycles. The Morgan fingerprint density at radius 1 is 1.35 bits per heavy atom. The number of halogens is 1. The number of piperazine rings is 1. The predicted molar refractivity (Wildman–Crippen MR) is 77.0 cm³/mol. The molecule has 0 bridgehead atoms. The Morgan fingerprint density at radius 2 is 2.15 bits per heavy atom. The first-order chi connectivity index (χ1) is 9.75. The van der Waals surface area contributed by atoms with Gasteiger partial charge in [-0.05, 0) is 18.6 Å². The summed E-state index contributed by atoms with van der Waals surface area (Å²) in [5, 5.41) is 0.663. The fourth-order valence-corrected chi connectivity index (χ4v) is 2.98. The molecule has 1 aromatic heterocycles. The van der Waals surface area contributed by atoms with Crippen LogP contribution in [0.5, 0.6) is 0 Å². The van der Waals surface area contributed by atoms with E-state index >= 15 is 0 Å². The molecule has 1 unspecified atom stereocenters. The summed E-state index contributed by atoms with van der Waals surface area (Å²) in [6.45, 7) is 4.28. The molecule has 108 valence electrons. The molecule has 6 heteroatoms. The Morgan fingerprint density at radius 3 is 2.80 bits per heavy atom. The maximum atomic E-state index is 12.3. The third-order valence-corrected chi connectivity index (χ3v) is 4.20. The van der Waals surface area contributed by atoms with Gasteiger partial charge in [-0.15, -0.1) is 0 Å². The van der Waals surface area contributed by atoms with Gasteiger partial charge in [-0.3, -0.25) is 4.79 Å². The first-order valence-corrected chi connectivity index (χ1v) is 7.35. The lowest BCUT2D eigenvalue weighted by Gasteiger charge is -2.36. The normalized spacial score (nSPS) is 23.1. The maximum absolute atomic E-state index is 12.3. The van der Waals surface area contributed by atoms with Crippen molar-refractivity contribution >= 4 is 23.3 Å². The van der Waals surface area contributed by atoms with Gasteiger partial charge in [0.25, 0.3) is 0 Å². The van der Waals surface area contributed by atoms with Crippen molar-refractivity contribution in [2.75, 3.05) is 44.3 Å². The molecule has 20 heavy (non-hydrogen) atoms. The summed E-state index contributed by atoms with van der Waals surface area (Å²) in [4.78, 5) is 20.7. The summed E-state index contributed by atoms with van der Waals surface area (Å²) in [6.07, 6.45) is 2.60. The van der Waals surface area contributed by atoms with E-state index in [1.165, 1.54) is 0 Å². The van der Waals surface area contributed by atoms with Crippen molar-refractivity contribution in [3.8, 4) is 0 Å². The van der Waals surface area contributed by atoms with Gasteiger partial charge >= 0.3 is 0 Å². The standard InChI is InChI=1S/C14H18ClN3O2/c15-12-2-1-4-16-13(12)17-5-7-18(8-6-17)14(19)11-3-9-20-10-11/h1-2,4,11H,3,5-10H2. The van der Waals surface area contributed by atoms with Crippen LogP contribution in [0.15, 0.2) is 18.3 Å². The minimum absolute atomic E-state index is 0.0555. The molecule has 2 aliphatic rings. The molecule has 0 aliphatic carbocycles. The van der Waals surface area contributed by atoms with Gasteiger partial charge < -0.3 is 14.5 Å². The van der Waals surface area contributed by atoms with Gasteiger partial charge in [0, 0.05) is 39.0 Å². The van der Waals surface area contributed by atoms with Gasteiger partial charge in [-0.2, -0.15) is 0 Å². The number of hydrogen-bond acceptors (Lipinski definition) is 4. The van der Waals surface area contributed by atoms with Crippen LogP contribution in [0.4, 0.5) is 5.82 Å². The SMILES string of the molecule is O=C(C1CCOC1)N1CCN(c2ncccc2Cl)CC1. The number of nitrogens with zero attached hydrogens (tertiary/aromatic N) is 3. The second-order valence-electron chi connectivity index (χ2n) is 5.18. The maximum Gasteiger partial charge on any atom is 0.228 e. The second-order valence-corrected chi connectivity index (χ2v) is 5.59. The van der Waals surface area contributed by atoms with E-state index in [9.17, 15) is 4.79 Å². The highest BCUT2D eigenvalue weighted by atomic mass is 35.5. The van der Waals surface area contributed by atoms with Crippen molar-refractivity contribution in [3.05, 3.63) is 23.4 Å². The largest absolute Gasteiger partial charge is 0.381 e. The number of amides is 1. The van der Waals surface area contributed by atoms with Crippen molar-refractivity contribution in [2.45, 2.75) is 6.42 Å². The molecular weight excluding hydrogens is 278 g/mol. The molecule has 0 radical (unpaired) electrons. The van der Waals surface area contributed by atoms with Gasteiger partial charge in [0.1, 0.15) is 5.82 Å². The third kappa shape index (κ3) is 2.74. The third-order valence-electron chi connectivity index (χ3n) is 3.91. The number of hydrogen-bond donors (Lipinski definition) is 0. The van der Waals surface area contributed by atoms with Crippen LogP contribution in [-0.4, -0.2) is 55.2 Å². The van der Waals surface area contributed by atoms with Crippen LogP contribution in [0.3, 0.4) is 0 Å². The van der Waals surface area contributed by atoms with Crippen LogP contribution in [0.2, 0.25) is 5.02 Å². The Bertz CT molecular complexity index is 483.